The van der Waals surface area contributed by atoms with Gasteiger partial charge in [-0.2, -0.15) is 0 Å². The Bertz CT molecular complexity index is 1990. The van der Waals surface area contributed by atoms with Gasteiger partial charge in [0.2, 0.25) is 5.71 Å². The number of benzene rings is 2. The van der Waals surface area contributed by atoms with Crippen molar-refractivity contribution in [3.8, 4) is 22.5 Å². The third-order valence-corrected chi connectivity index (χ3v) is 12.1. The topological polar surface area (TPSA) is 51.8 Å². The summed E-state index contributed by atoms with van der Waals surface area (Å²) < 4.78 is 6.08. The Labute approximate surface area is 307 Å². The van der Waals surface area contributed by atoms with E-state index in [2.05, 4.69) is 105 Å². The molecule has 1 saturated carbocycles. The van der Waals surface area contributed by atoms with Gasteiger partial charge in [0.05, 0.1) is 13.7 Å². The average Bonchev–Trinajstić information content (AvgIpc) is 3.46. The van der Waals surface area contributed by atoms with E-state index in [1.54, 1.807) is 10.8 Å². The van der Waals surface area contributed by atoms with Gasteiger partial charge >= 0.3 is 0 Å². The zero-order valence-corrected chi connectivity index (χ0v) is 33.5. The molecule has 0 saturated heterocycles. The Morgan fingerprint density at radius 3 is 2.37 bits per heavy atom. The van der Waals surface area contributed by atoms with E-state index in [1.807, 2.05) is 43.5 Å². The van der Waals surface area contributed by atoms with Crippen molar-refractivity contribution in [3.63, 3.8) is 0 Å². The predicted octanol–water partition coefficient (Wildman–Crippen LogP) is 11.1. The molecule has 1 aliphatic rings. The van der Waals surface area contributed by atoms with E-state index in [1.165, 1.54) is 44.1 Å². The molecule has 6 heteroatoms. The van der Waals surface area contributed by atoms with Gasteiger partial charge in [-0.15, -0.1) is 54.1 Å². The minimum Gasteiger partial charge on any atom is -0.486 e. The van der Waals surface area contributed by atoms with Crippen LogP contribution >= 0.6 is 0 Å². The molecule has 0 aliphatic heterocycles. The minimum atomic E-state index is -1.36. The second kappa shape index (κ2) is 16.1. The second-order valence-electron chi connectivity index (χ2n) is 15.0. The molecule has 2 aromatic carbocycles. The first-order valence-corrected chi connectivity index (χ1v) is 21.2. The van der Waals surface area contributed by atoms with Crippen molar-refractivity contribution in [2.45, 2.75) is 91.8 Å². The van der Waals surface area contributed by atoms with Crippen molar-refractivity contribution in [1.82, 2.24) is 15.0 Å². The van der Waals surface area contributed by atoms with Gasteiger partial charge in [-0.05, 0) is 65.9 Å². The molecule has 7 rings (SSSR count). The maximum absolute atomic E-state index is 6.08. The Balaban J connectivity index is 0.000000188. The van der Waals surface area contributed by atoms with Gasteiger partial charge in [0, 0.05) is 43.6 Å². The Morgan fingerprint density at radius 1 is 0.857 bits per heavy atom. The molecule has 257 valence electrons. The molecule has 0 spiro atoms. The van der Waals surface area contributed by atoms with Crippen LogP contribution < -0.4 is 5.19 Å². The summed E-state index contributed by atoms with van der Waals surface area (Å²) in [6, 6.07) is 29.5. The maximum Gasteiger partial charge on any atom is 0.216 e. The number of fused-ring (bicyclic) bond motifs is 3. The molecule has 1 atom stereocenters. The summed E-state index contributed by atoms with van der Waals surface area (Å²) in [5, 5.41) is 3.63. The predicted molar refractivity (Wildman–Crippen MR) is 203 cm³/mol. The van der Waals surface area contributed by atoms with Crippen LogP contribution in [-0.2, 0) is 26.5 Å². The summed E-state index contributed by atoms with van der Waals surface area (Å²) >= 11 is 0. The molecule has 1 fully saturated rings. The number of aryl methyl sites for hydroxylation is 1. The summed E-state index contributed by atoms with van der Waals surface area (Å²) in [6.07, 6.45) is 12.3. The average molecular weight is 844 g/mol. The summed E-state index contributed by atoms with van der Waals surface area (Å²) in [5.74, 6) is 1.92. The van der Waals surface area contributed by atoms with Crippen LogP contribution in [0.1, 0.15) is 75.6 Å². The van der Waals surface area contributed by atoms with E-state index in [-0.39, 0.29) is 20.1 Å². The standard InChI is InChI=1S/C22H21N2O.C21H28NSi.Ir/c1-13(2)15(4)16-10-11-23-20(12-16)19-7-5-6-17-18-9-8-14(3)24-22(18)25-21(17)19;1-23(2,3)21-16-22-20(18-12-8-5-9-13-18)15-19(21)14-17-10-6-4-7-11-17;/h5-6,8-13,15H,1-4H3;5,8-9,12,15-17H,4,6-7,10-11,14H2,1-3H3;/q2*-1;. The molecule has 4 aromatic heterocycles. The van der Waals surface area contributed by atoms with Crippen LogP contribution in [0.15, 0.2) is 83.5 Å². The fourth-order valence-corrected chi connectivity index (χ4v) is 8.49. The van der Waals surface area contributed by atoms with Gasteiger partial charge in [0.1, 0.15) is 0 Å². The van der Waals surface area contributed by atoms with Gasteiger partial charge < -0.3 is 14.4 Å². The fourth-order valence-electron chi connectivity index (χ4n) is 6.90. The second-order valence-corrected chi connectivity index (χ2v) is 20.0. The van der Waals surface area contributed by atoms with Crippen molar-refractivity contribution in [2.75, 3.05) is 0 Å². The van der Waals surface area contributed by atoms with Gasteiger partial charge in [0.25, 0.3) is 0 Å². The zero-order valence-electron chi connectivity index (χ0n) is 30.1. The van der Waals surface area contributed by atoms with Crippen LogP contribution in [0.25, 0.3) is 44.6 Å². The molecule has 1 radical (unpaired) electrons. The Hall–Kier alpha value is -3.44. The van der Waals surface area contributed by atoms with Crippen LogP contribution in [-0.4, -0.2) is 23.0 Å². The normalized spacial score (nSPS) is 14.4. The van der Waals surface area contributed by atoms with Crippen LogP contribution in [0.4, 0.5) is 0 Å². The first kappa shape index (κ1) is 36.8. The molecular weight excluding hydrogens is 795 g/mol. The molecule has 4 heterocycles. The first-order valence-electron chi connectivity index (χ1n) is 17.7. The fraction of sp³-hybridized carbons (Fsp3) is 0.372. The van der Waals surface area contributed by atoms with E-state index in [0.717, 1.165) is 50.5 Å². The molecule has 0 N–H and O–H groups in total. The summed E-state index contributed by atoms with van der Waals surface area (Å²) in [5.41, 5.74) is 9.24. The van der Waals surface area contributed by atoms with Gasteiger partial charge in [-0.1, -0.05) is 107 Å². The molecule has 6 aromatic rings. The van der Waals surface area contributed by atoms with E-state index < -0.39 is 8.07 Å². The van der Waals surface area contributed by atoms with Crippen LogP contribution in [0.5, 0.6) is 0 Å². The minimum absolute atomic E-state index is 0. The van der Waals surface area contributed by atoms with Crippen LogP contribution in [0.3, 0.4) is 0 Å². The van der Waals surface area contributed by atoms with E-state index in [0.29, 0.717) is 17.5 Å². The van der Waals surface area contributed by atoms with E-state index in [4.69, 9.17) is 9.40 Å². The van der Waals surface area contributed by atoms with Crippen molar-refractivity contribution in [2.24, 2.45) is 11.8 Å². The van der Waals surface area contributed by atoms with Crippen LogP contribution in [0.2, 0.25) is 19.6 Å². The molecule has 0 bridgehead atoms. The maximum atomic E-state index is 6.08. The third kappa shape index (κ3) is 8.66. The van der Waals surface area contributed by atoms with Gasteiger partial charge in [-0.25, -0.2) is 4.98 Å². The SMILES string of the molecule is C[Si](C)(C)c1cnc(-c2[c-]cccc2)cc1CC1CCCCC1.Cc1ccc2c(n1)oc1c(-c3cc(C(C)C(C)C)ccn3)[c-]ccc12.[Ir]. The summed E-state index contributed by atoms with van der Waals surface area (Å²) in [6.45, 7) is 16.0. The van der Waals surface area contributed by atoms with Crippen molar-refractivity contribution >= 4 is 35.3 Å². The van der Waals surface area contributed by atoms with E-state index in [9.17, 15) is 0 Å². The number of nitrogens with zero attached hydrogens (tertiary/aromatic N) is 3. The Morgan fingerprint density at radius 2 is 1.65 bits per heavy atom. The number of pyridine rings is 3. The number of rotatable bonds is 7. The molecule has 4 nitrogen and oxygen atoms in total. The van der Waals surface area contributed by atoms with Gasteiger partial charge in [0.15, 0.2) is 0 Å². The third-order valence-electron chi connectivity index (χ3n) is 10.0. The molecule has 49 heavy (non-hydrogen) atoms. The monoisotopic (exact) mass is 844 g/mol. The zero-order chi connectivity index (χ0) is 33.8. The summed E-state index contributed by atoms with van der Waals surface area (Å²) in [7, 11) is -1.36. The molecular formula is C43H49IrN3OSi-2. The quantitative estimate of drug-likeness (QED) is 0.119. The number of hydrogen-bond acceptors (Lipinski definition) is 4. The number of aromatic nitrogens is 3. The van der Waals surface area contributed by atoms with Crippen molar-refractivity contribution in [1.29, 1.82) is 0 Å². The number of furan rings is 1. The largest absolute Gasteiger partial charge is 0.486 e. The van der Waals surface area contributed by atoms with Gasteiger partial charge in [-0.3, -0.25) is 0 Å². The molecule has 0 amide bonds. The smallest absolute Gasteiger partial charge is 0.216 e. The molecule has 1 unspecified atom stereocenters. The Kier molecular flexibility index (Phi) is 12.1. The number of hydrogen-bond donors (Lipinski definition) is 0. The van der Waals surface area contributed by atoms with Crippen molar-refractivity contribution < 1.29 is 24.5 Å². The van der Waals surface area contributed by atoms with Crippen molar-refractivity contribution in [3.05, 3.63) is 108 Å². The van der Waals surface area contributed by atoms with Crippen LogP contribution in [0, 0.1) is 30.9 Å². The molecule has 1 aliphatic carbocycles. The summed E-state index contributed by atoms with van der Waals surface area (Å²) in [4.78, 5) is 13.9. The van der Waals surface area contributed by atoms with E-state index >= 15 is 0 Å². The first-order chi connectivity index (χ1) is 23.1.